The highest BCUT2D eigenvalue weighted by atomic mass is 16.5. The van der Waals surface area contributed by atoms with Crippen molar-refractivity contribution in [1.29, 1.82) is 0 Å². The van der Waals surface area contributed by atoms with Gasteiger partial charge in [-0.2, -0.15) is 0 Å². The lowest BCUT2D eigenvalue weighted by Crippen LogP contribution is -2.22. The van der Waals surface area contributed by atoms with Gasteiger partial charge in [-0.15, -0.1) is 0 Å². The van der Waals surface area contributed by atoms with Crippen molar-refractivity contribution in [2.75, 3.05) is 6.61 Å². The van der Waals surface area contributed by atoms with Crippen LogP contribution in [0.2, 0.25) is 0 Å². The summed E-state index contributed by atoms with van der Waals surface area (Å²) in [4.78, 5) is 11.2. The van der Waals surface area contributed by atoms with Crippen LogP contribution >= 0.6 is 0 Å². The van der Waals surface area contributed by atoms with Crippen molar-refractivity contribution in [3.05, 3.63) is 35.9 Å². The lowest BCUT2D eigenvalue weighted by molar-refractivity contribution is -0.143. The van der Waals surface area contributed by atoms with E-state index < -0.39 is 12.0 Å². The van der Waals surface area contributed by atoms with Crippen LogP contribution in [-0.4, -0.2) is 23.8 Å². The van der Waals surface area contributed by atoms with Gasteiger partial charge in [-0.1, -0.05) is 30.0 Å². The average Bonchev–Trinajstić information content (AvgIpc) is 2.74. The summed E-state index contributed by atoms with van der Waals surface area (Å²) >= 11 is 0. The highest BCUT2D eigenvalue weighted by molar-refractivity contribution is 5.75. The molecule has 0 aromatic heterocycles. The van der Waals surface area contributed by atoms with Crippen molar-refractivity contribution in [1.82, 2.24) is 0 Å². The van der Waals surface area contributed by atoms with Gasteiger partial charge >= 0.3 is 5.97 Å². The highest BCUT2D eigenvalue weighted by Crippen LogP contribution is 2.17. The molecule has 16 heavy (non-hydrogen) atoms. The fourth-order valence-corrected chi connectivity index (χ4v) is 1.58. The van der Waals surface area contributed by atoms with E-state index in [-0.39, 0.29) is 5.97 Å². The zero-order valence-corrected chi connectivity index (χ0v) is 8.72. The molecule has 82 valence electrons. The van der Waals surface area contributed by atoms with Crippen LogP contribution in [0.1, 0.15) is 12.0 Å². The van der Waals surface area contributed by atoms with Crippen LogP contribution in [0.4, 0.5) is 0 Å². The molecule has 3 nitrogen and oxygen atoms in total. The molecule has 0 spiro atoms. The Bertz CT molecular complexity index is 427. The molecule has 1 aliphatic heterocycles. The minimum atomic E-state index is -0.935. The van der Waals surface area contributed by atoms with Crippen LogP contribution in [0.5, 0.6) is 0 Å². The van der Waals surface area contributed by atoms with E-state index in [1.807, 2.05) is 30.3 Å². The molecule has 3 heteroatoms. The maximum absolute atomic E-state index is 11.2. The molecule has 0 saturated carbocycles. The molecular formula is C13H12O3. The first-order valence-electron chi connectivity index (χ1n) is 5.18. The molecule has 2 rings (SSSR count). The van der Waals surface area contributed by atoms with E-state index in [0.717, 1.165) is 5.56 Å². The second-order valence-electron chi connectivity index (χ2n) is 3.64. The maximum atomic E-state index is 11.2. The molecule has 2 atom stereocenters. The van der Waals surface area contributed by atoms with Gasteiger partial charge in [0.2, 0.25) is 0 Å². The van der Waals surface area contributed by atoms with E-state index >= 15 is 0 Å². The lowest BCUT2D eigenvalue weighted by Gasteiger charge is -2.06. The fraction of sp³-hybridized carbons (Fsp3) is 0.308. The number of aliphatic hydroxyl groups excluding tert-OH is 1. The number of cyclic esters (lactones) is 1. The van der Waals surface area contributed by atoms with Gasteiger partial charge in [0, 0.05) is 5.56 Å². The third-order valence-corrected chi connectivity index (χ3v) is 2.50. The molecule has 0 unspecified atom stereocenters. The van der Waals surface area contributed by atoms with E-state index in [9.17, 15) is 9.90 Å². The lowest BCUT2D eigenvalue weighted by atomic mass is 10.0. The topological polar surface area (TPSA) is 46.5 Å². The van der Waals surface area contributed by atoms with Gasteiger partial charge in [0.05, 0.1) is 12.5 Å². The van der Waals surface area contributed by atoms with Crippen molar-refractivity contribution in [3.8, 4) is 11.8 Å². The Hall–Kier alpha value is -1.79. The van der Waals surface area contributed by atoms with E-state index in [1.54, 1.807) is 0 Å². The summed E-state index contributed by atoms with van der Waals surface area (Å²) in [6.07, 6.45) is -0.390. The van der Waals surface area contributed by atoms with E-state index in [2.05, 4.69) is 11.8 Å². The molecule has 1 heterocycles. The molecule has 1 aromatic rings. The maximum Gasteiger partial charge on any atom is 0.312 e. The zero-order chi connectivity index (χ0) is 11.4. The van der Waals surface area contributed by atoms with Gasteiger partial charge in [0.15, 0.2) is 0 Å². The smallest absolute Gasteiger partial charge is 0.312 e. The molecule has 0 amide bonds. The van der Waals surface area contributed by atoms with Gasteiger partial charge in [0.25, 0.3) is 0 Å². The van der Waals surface area contributed by atoms with Crippen LogP contribution in [0.3, 0.4) is 0 Å². The summed E-state index contributed by atoms with van der Waals surface area (Å²) in [7, 11) is 0. The van der Waals surface area contributed by atoms with Crippen molar-refractivity contribution < 1.29 is 14.6 Å². The monoisotopic (exact) mass is 216 g/mol. The van der Waals surface area contributed by atoms with Crippen LogP contribution in [-0.2, 0) is 9.53 Å². The molecule has 1 aromatic carbocycles. The van der Waals surface area contributed by atoms with Gasteiger partial charge in [-0.3, -0.25) is 4.79 Å². The Morgan fingerprint density at radius 2 is 2.12 bits per heavy atom. The van der Waals surface area contributed by atoms with Gasteiger partial charge < -0.3 is 9.84 Å². The minimum absolute atomic E-state index is 0.352. The van der Waals surface area contributed by atoms with Gasteiger partial charge in [-0.25, -0.2) is 0 Å². The van der Waals surface area contributed by atoms with Crippen molar-refractivity contribution in [3.63, 3.8) is 0 Å². The van der Waals surface area contributed by atoms with Crippen LogP contribution in [0, 0.1) is 17.8 Å². The third-order valence-electron chi connectivity index (χ3n) is 2.50. The summed E-state index contributed by atoms with van der Waals surface area (Å²) in [5.74, 6) is 4.67. The predicted molar refractivity (Wildman–Crippen MR) is 58.4 cm³/mol. The third kappa shape index (κ3) is 2.41. The molecule has 1 saturated heterocycles. The molecule has 1 fully saturated rings. The number of ether oxygens (including phenoxy) is 1. The highest BCUT2D eigenvalue weighted by Gasteiger charge is 2.32. The van der Waals surface area contributed by atoms with Crippen molar-refractivity contribution in [2.24, 2.45) is 5.92 Å². The second kappa shape index (κ2) is 4.82. The summed E-state index contributed by atoms with van der Waals surface area (Å²) in [5.41, 5.74) is 0.827. The zero-order valence-electron chi connectivity index (χ0n) is 8.72. The van der Waals surface area contributed by atoms with Crippen LogP contribution in [0.15, 0.2) is 30.3 Å². The Morgan fingerprint density at radius 3 is 2.75 bits per heavy atom. The number of carbonyl (C=O) groups is 1. The Morgan fingerprint density at radius 1 is 1.38 bits per heavy atom. The molecule has 0 aliphatic carbocycles. The van der Waals surface area contributed by atoms with Crippen molar-refractivity contribution in [2.45, 2.75) is 12.5 Å². The second-order valence-corrected chi connectivity index (χ2v) is 3.64. The summed E-state index contributed by atoms with van der Waals surface area (Å²) in [5, 5.41) is 9.71. The molecular weight excluding hydrogens is 204 g/mol. The molecule has 1 N–H and O–H groups in total. The largest absolute Gasteiger partial charge is 0.465 e. The van der Waals surface area contributed by atoms with Crippen molar-refractivity contribution >= 4 is 5.97 Å². The van der Waals surface area contributed by atoms with Crippen LogP contribution in [0.25, 0.3) is 0 Å². The summed E-state index contributed by atoms with van der Waals surface area (Å²) in [6.45, 7) is 0.383. The normalized spacial score (nSPS) is 20.8. The summed E-state index contributed by atoms with van der Waals surface area (Å²) < 4.78 is 4.77. The van der Waals surface area contributed by atoms with E-state index in [0.29, 0.717) is 13.0 Å². The molecule has 1 aliphatic rings. The number of carbonyl (C=O) groups excluding carboxylic acids is 1. The standard InChI is InChI=1S/C13H12O3/c14-12(11-8-9-16-13(11)15)7-6-10-4-2-1-3-5-10/h1-5,11-12,14H,8-9H2/t11-,12-/m1/s1. The number of hydrogen-bond donors (Lipinski definition) is 1. The first-order valence-corrected chi connectivity index (χ1v) is 5.18. The van der Waals surface area contributed by atoms with Gasteiger partial charge in [0.1, 0.15) is 6.10 Å². The molecule has 0 radical (unpaired) electrons. The van der Waals surface area contributed by atoms with E-state index in [4.69, 9.17) is 4.74 Å². The Kier molecular flexibility index (Phi) is 3.23. The number of esters is 1. The first kappa shape index (κ1) is 10.7. The first-order chi connectivity index (χ1) is 7.77. The number of benzene rings is 1. The average molecular weight is 216 g/mol. The van der Waals surface area contributed by atoms with Crippen LogP contribution < -0.4 is 0 Å². The summed E-state index contributed by atoms with van der Waals surface area (Å²) in [6, 6.07) is 9.36. The predicted octanol–water partition coefficient (Wildman–Crippen LogP) is 0.962. The minimum Gasteiger partial charge on any atom is -0.465 e. The number of rotatable bonds is 1. The van der Waals surface area contributed by atoms with Gasteiger partial charge in [-0.05, 0) is 18.6 Å². The SMILES string of the molecule is O=C1OCC[C@@H]1[C@H](O)C#Cc1ccccc1. The quantitative estimate of drug-likeness (QED) is 0.562. The Balaban J connectivity index is 2.05. The number of hydrogen-bond acceptors (Lipinski definition) is 3. The molecule has 0 bridgehead atoms. The Labute approximate surface area is 94.0 Å². The van der Waals surface area contributed by atoms with E-state index in [1.165, 1.54) is 0 Å². The fourth-order valence-electron chi connectivity index (χ4n) is 1.58. The number of aliphatic hydroxyl groups is 1.